The van der Waals surface area contributed by atoms with Crippen LogP contribution in [-0.4, -0.2) is 53.1 Å². The number of carbonyl (C=O) groups is 2. The van der Waals surface area contributed by atoms with E-state index in [1.165, 1.54) is 5.57 Å². The van der Waals surface area contributed by atoms with Crippen LogP contribution in [0, 0.1) is 11.8 Å². The highest BCUT2D eigenvalue weighted by Crippen LogP contribution is 2.25. The number of carboxylic acids is 1. The first-order valence-corrected chi connectivity index (χ1v) is 6.41. The van der Waals surface area contributed by atoms with Gasteiger partial charge in [-0.3, -0.25) is 4.79 Å². The summed E-state index contributed by atoms with van der Waals surface area (Å²) in [7, 11) is 0. The maximum Gasteiger partial charge on any atom is 0.320 e. The van der Waals surface area contributed by atoms with Crippen LogP contribution in [0.4, 0.5) is 4.79 Å². The van der Waals surface area contributed by atoms with Crippen molar-refractivity contribution in [2.45, 2.75) is 20.3 Å². The van der Waals surface area contributed by atoms with Crippen LogP contribution in [0.15, 0.2) is 11.6 Å². The maximum atomic E-state index is 12.1. The average Bonchev–Trinajstić information content (AvgIpc) is 2.26. The first-order chi connectivity index (χ1) is 8.49. The molecule has 2 aliphatic heterocycles. The summed E-state index contributed by atoms with van der Waals surface area (Å²) in [4.78, 5) is 26.6. The summed E-state index contributed by atoms with van der Waals surface area (Å²) in [6.07, 6.45) is 3.08. The van der Waals surface area contributed by atoms with Gasteiger partial charge >= 0.3 is 12.0 Å². The van der Waals surface area contributed by atoms with E-state index in [9.17, 15) is 9.59 Å². The van der Waals surface area contributed by atoms with Crippen molar-refractivity contribution in [3.63, 3.8) is 0 Å². The van der Waals surface area contributed by atoms with Crippen molar-refractivity contribution < 1.29 is 14.7 Å². The number of carboxylic acid groups (broad SMARTS) is 1. The van der Waals surface area contributed by atoms with E-state index < -0.39 is 5.97 Å². The fourth-order valence-electron chi connectivity index (χ4n) is 2.46. The minimum Gasteiger partial charge on any atom is -0.481 e. The van der Waals surface area contributed by atoms with Crippen molar-refractivity contribution >= 4 is 12.0 Å². The van der Waals surface area contributed by atoms with Crippen molar-refractivity contribution in [1.82, 2.24) is 9.80 Å². The number of amides is 2. The zero-order valence-corrected chi connectivity index (χ0v) is 10.9. The molecule has 2 rings (SSSR count). The summed E-state index contributed by atoms with van der Waals surface area (Å²) in [6, 6.07) is 0.0521. The molecule has 0 spiro atoms. The van der Waals surface area contributed by atoms with Crippen LogP contribution in [0.3, 0.4) is 0 Å². The molecular weight excluding hydrogens is 232 g/mol. The molecule has 0 radical (unpaired) electrons. The molecule has 1 atom stereocenters. The zero-order valence-electron chi connectivity index (χ0n) is 10.9. The molecule has 5 nitrogen and oxygen atoms in total. The second-order valence-electron chi connectivity index (χ2n) is 5.34. The van der Waals surface area contributed by atoms with E-state index in [4.69, 9.17) is 5.11 Å². The molecule has 5 heteroatoms. The van der Waals surface area contributed by atoms with E-state index >= 15 is 0 Å². The van der Waals surface area contributed by atoms with Crippen LogP contribution in [-0.2, 0) is 4.79 Å². The number of likely N-dealkylation sites (tertiary alicyclic amines) is 1. The molecule has 2 heterocycles. The van der Waals surface area contributed by atoms with Crippen molar-refractivity contribution in [1.29, 1.82) is 0 Å². The van der Waals surface area contributed by atoms with E-state index in [-0.39, 0.29) is 17.9 Å². The van der Waals surface area contributed by atoms with Crippen LogP contribution in [0.1, 0.15) is 20.3 Å². The van der Waals surface area contributed by atoms with Crippen molar-refractivity contribution in [3.8, 4) is 0 Å². The van der Waals surface area contributed by atoms with Crippen molar-refractivity contribution in [2.75, 3.05) is 26.2 Å². The molecule has 0 aromatic carbocycles. The number of rotatable bonds is 2. The number of hydrogen-bond donors (Lipinski definition) is 1. The molecule has 0 bridgehead atoms. The number of aliphatic carboxylic acids is 1. The Labute approximate surface area is 107 Å². The molecule has 0 aromatic heterocycles. The first-order valence-electron chi connectivity index (χ1n) is 6.41. The van der Waals surface area contributed by atoms with Gasteiger partial charge in [-0.1, -0.05) is 18.6 Å². The van der Waals surface area contributed by atoms with Gasteiger partial charge in [-0.2, -0.15) is 0 Å². The highest BCUT2D eigenvalue weighted by atomic mass is 16.4. The van der Waals surface area contributed by atoms with E-state index in [1.807, 2.05) is 11.8 Å². The molecule has 1 fully saturated rings. The third-order valence-electron chi connectivity index (χ3n) is 3.88. The highest BCUT2D eigenvalue weighted by Gasteiger charge is 2.38. The summed E-state index contributed by atoms with van der Waals surface area (Å²) >= 11 is 0. The Morgan fingerprint density at radius 3 is 2.61 bits per heavy atom. The van der Waals surface area contributed by atoms with Crippen LogP contribution in [0.2, 0.25) is 0 Å². The largest absolute Gasteiger partial charge is 0.481 e. The molecule has 0 aliphatic carbocycles. The molecule has 1 saturated heterocycles. The lowest BCUT2D eigenvalue weighted by atomic mass is 9.87. The standard InChI is InChI=1S/C13H20N2O3/c1-9-4-3-5-14(6-9)13(18)15-7-11(8-15)10(2)12(16)17/h4,10-11H,3,5-8H2,1-2H3,(H,16,17). The average molecular weight is 252 g/mol. The normalized spacial score (nSPS) is 22.2. The fourth-order valence-corrected chi connectivity index (χ4v) is 2.46. The Morgan fingerprint density at radius 1 is 1.39 bits per heavy atom. The van der Waals surface area contributed by atoms with Crippen molar-refractivity contribution in [2.24, 2.45) is 11.8 Å². The lowest BCUT2D eigenvalue weighted by molar-refractivity contribution is -0.144. The second-order valence-corrected chi connectivity index (χ2v) is 5.34. The summed E-state index contributed by atoms with van der Waals surface area (Å²) in [5.74, 6) is -1.03. The number of carbonyl (C=O) groups excluding carboxylic acids is 1. The lowest BCUT2D eigenvalue weighted by Gasteiger charge is -2.44. The Bertz CT molecular complexity index is 386. The van der Waals surface area contributed by atoms with E-state index in [0.29, 0.717) is 19.6 Å². The molecule has 18 heavy (non-hydrogen) atoms. The number of hydrogen-bond acceptors (Lipinski definition) is 2. The molecule has 2 amide bonds. The quantitative estimate of drug-likeness (QED) is 0.756. The van der Waals surface area contributed by atoms with Crippen LogP contribution < -0.4 is 0 Å². The van der Waals surface area contributed by atoms with Gasteiger partial charge in [-0.05, 0) is 13.3 Å². The number of nitrogens with zero attached hydrogens (tertiary/aromatic N) is 2. The summed E-state index contributed by atoms with van der Waals surface area (Å²) < 4.78 is 0. The van der Waals surface area contributed by atoms with Gasteiger partial charge in [0.05, 0.1) is 5.92 Å². The summed E-state index contributed by atoms with van der Waals surface area (Å²) in [5, 5.41) is 8.90. The van der Waals surface area contributed by atoms with Gasteiger partial charge < -0.3 is 14.9 Å². The van der Waals surface area contributed by atoms with Gasteiger partial charge in [0.1, 0.15) is 0 Å². The predicted molar refractivity (Wildman–Crippen MR) is 67.2 cm³/mol. The monoisotopic (exact) mass is 252 g/mol. The lowest BCUT2D eigenvalue weighted by Crippen LogP contribution is -2.57. The SMILES string of the molecule is CC1=CCCN(C(=O)N2CC(C(C)C(=O)O)C2)C1. The molecule has 1 unspecified atom stereocenters. The Hall–Kier alpha value is -1.52. The third-order valence-corrected chi connectivity index (χ3v) is 3.88. The van der Waals surface area contributed by atoms with Gasteiger partial charge in [0.25, 0.3) is 0 Å². The second kappa shape index (κ2) is 5.00. The predicted octanol–water partition coefficient (Wildman–Crippen LogP) is 1.41. The van der Waals surface area contributed by atoms with Gasteiger partial charge in [-0.25, -0.2) is 4.79 Å². The molecular formula is C13H20N2O3. The van der Waals surface area contributed by atoms with Gasteiger partial charge in [0.2, 0.25) is 0 Å². The van der Waals surface area contributed by atoms with Crippen molar-refractivity contribution in [3.05, 3.63) is 11.6 Å². The molecule has 1 N–H and O–H groups in total. The van der Waals surface area contributed by atoms with E-state index in [1.54, 1.807) is 11.8 Å². The van der Waals surface area contributed by atoms with E-state index in [2.05, 4.69) is 6.08 Å². The third kappa shape index (κ3) is 2.49. The smallest absolute Gasteiger partial charge is 0.320 e. The summed E-state index contributed by atoms with van der Waals surface area (Å²) in [5.41, 5.74) is 1.23. The van der Waals surface area contributed by atoms with E-state index in [0.717, 1.165) is 13.0 Å². The summed E-state index contributed by atoms with van der Waals surface area (Å²) in [6.45, 7) is 6.37. The molecule has 0 aromatic rings. The Kier molecular flexibility index (Phi) is 3.59. The molecule has 0 saturated carbocycles. The van der Waals surface area contributed by atoms with Gasteiger partial charge in [0.15, 0.2) is 0 Å². The Balaban J connectivity index is 1.83. The Morgan fingerprint density at radius 2 is 2.06 bits per heavy atom. The van der Waals surface area contributed by atoms with Crippen LogP contribution in [0.25, 0.3) is 0 Å². The molecule has 2 aliphatic rings. The first kappa shape index (κ1) is 12.9. The zero-order chi connectivity index (χ0) is 13.3. The highest BCUT2D eigenvalue weighted by molar-refractivity contribution is 5.77. The minimum absolute atomic E-state index is 0.0521. The maximum absolute atomic E-state index is 12.1. The van der Waals surface area contributed by atoms with Crippen LogP contribution >= 0.6 is 0 Å². The molecule has 100 valence electrons. The van der Waals surface area contributed by atoms with Gasteiger partial charge in [-0.15, -0.1) is 0 Å². The number of urea groups is 1. The topological polar surface area (TPSA) is 60.9 Å². The van der Waals surface area contributed by atoms with Gasteiger partial charge in [0, 0.05) is 32.1 Å². The minimum atomic E-state index is -0.774. The van der Waals surface area contributed by atoms with Crippen LogP contribution in [0.5, 0.6) is 0 Å². The fraction of sp³-hybridized carbons (Fsp3) is 0.692.